The van der Waals surface area contributed by atoms with Gasteiger partial charge in [-0.2, -0.15) is 0 Å². The Kier molecular flexibility index (Phi) is 7.04. The van der Waals surface area contributed by atoms with Gasteiger partial charge in [0.25, 0.3) is 0 Å². The van der Waals surface area contributed by atoms with E-state index in [2.05, 4.69) is 30.5 Å². The minimum atomic E-state index is -1.57. The number of nitrogens with one attached hydrogen (secondary N) is 1. The molecule has 2 N–H and O–H groups in total. The van der Waals surface area contributed by atoms with Crippen LogP contribution in [-0.2, 0) is 32.8 Å². The van der Waals surface area contributed by atoms with E-state index in [0.29, 0.717) is 6.61 Å². The van der Waals surface area contributed by atoms with Crippen molar-refractivity contribution >= 4 is 5.27 Å². The Morgan fingerprint density at radius 3 is 2.62 bits per heavy atom. The third kappa shape index (κ3) is 5.47. The van der Waals surface area contributed by atoms with Gasteiger partial charge in [-0.3, -0.25) is 0 Å². The summed E-state index contributed by atoms with van der Waals surface area (Å²) in [6.07, 6.45) is 0.442. The van der Waals surface area contributed by atoms with Crippen LogP contribution < -0.4 is 5.32 Å². The van der Waals surface area contributed by atoms with Crippen molar-refractivity contribution in [3.8, 4) is 0 Å². The van der Waals surface area contributed by atoms with Gasteiger partial charge >= 0.3 is 137 Å². The molecule has 0 aromatic carbocycles. The van der Waals surface area contributed by atoms with E-state index in [4.69, 9.17) is 14.0 Å². The molecule has 0 saturated carbocycles. The number of hydrogen-bond donors (Lipinski definition) is 2. The van der Waals surface area contributed by atoms with Crippen LogP contribution in [0.3, 0.4) is 0 Å². The van der Waals surface area contributed by atoms with Crippen LogP contribution in [0.15, 0.2) is 0 Å². The molecule has 0 bridgehead atoms. The Bertz CT molecular complexity index is 387. The van der Waals surface area contributed by atoms with Crippen LogP contribution in [0.25, 0.3) is 0 Å². The topological polar surface area (TPSA) is 63.2 Å². The second kappa shape index (κ2) is 8.12. The Morgan fingerprint density at radius 1 is 1.24 bits per heavy atom. The normalized spacial score (nSPS) is 38.1. The van der Waals surface area contributed by atoms with Crippen LogP contribution in [0.2, 0.25) is 0 Å². The molecule has 0 amide bonds. The summed E-state index contributed by atoms with van der Waals surface area (Å²) in [5.74, 6) is 0. The molecule has 0 aromatic heterocycles. The van der Waals surface area contributed by atoms with E-state index < -0.39 is 5.27 Å². The van der Waals surface area contributed by atoms with Crippen molar-refractivity contribution in [3.05, 3.63) is 0 Å². The average molecular weight is 490 g/mol. The van der Waals surface area contributed by atoms with Gasteiger partial charge in [-0.25, -0.2) is 0 Å². The van der Waals surface area contributed by atoms with Crippen LogP contribution in [0.4, 0.5) is 0 Å². The molecular weight excluding hydrogens is 463 g/mol. The van der Waals surface area contributed by atoms with Gasteiger partial charge in [-0.05, 0) is 0 Å². The van der Waals surface area contributed by atoms with Crippen molar-refractivity contribution in [1.82, 2.24) is 9.99 Å². The van der Waals surface area contributed by atoms with Crippen molar-refractivity contribution < 1.29 is 37.9 Å². The fourth-order valence-corrected chi connectivity index (χ4v) is 6.40. The third-order valence-electron chi connectivity index (χ3n) is 3.75. The fourth-order valence-electron chi connectivity index (χ4n) is 2.69. The summed E-state index contributed by atoms with van der Waals surface area (Å²) in [6, 6.07) is 0. The maximum atomic E-state index is 9.35. The van der Waals surface area contributed by atoms with Crippen LogP contribution in [-0.4, -0.2) is 80.3 Å². The van der Waals surface area contributed by atoms with Gasteiger partial charge in [0.2, 0.25) is 0 Å². The monoisotopic (exact) mass is 490 g/mol. The molecule has 2 saturated heterocycles. The van der Waals surface area contributed by atoms with Gasteiger partial charge in [-0.15, -0.1) is 0 Å². The summed E-state index contributed by atoms with van der Waals surface area (Å²) in [7, 11) is 0. The molecule has 0 spiro atoms. The molecule has 5 atom stereocenters. The van der Waals surface area contributed by atoms with Crippen LogP contribution in [0, 0.1) is 0 Å². The summed E-state index contributed by atoms with van der Waals surface area (Å²) in [6.45, 7) is 10.5. The number of hydrogen-bond acceptors (Lipinski definition) is 6. The van der Waals surface area contributed by atoms with Crippen LogP contribution >= 0.6 is 5.27 Å². The Hall–Kier alpha value is 0.878. The molecule has 21 heavy (non-hydrogen) atoms. The Balaban J connectivity index is 1.86. The number of ether oxygens (including phenoxy) is 2. The van der Waals surface area contributed by atoms with Gasteiger partial charge in [0.15, 0.2) is 0 Å². The fraction of sp³-hybridized carbons (Fsp3) is 1.00. The number of rotatable bonds is 5. The third-order valence-corrected chi connectivity index (χ3v) is 9.36. The molecule has 0 radical (unpaired) electrons. The Labute approximate surface area is 137 Å². The molecule has 0 aromatic rings. The molecule has 8 heteroatoms. The van der Waals surface area contributed by atoms with E-state index in [-0.39, 0.29) is 31.0 Å². The van der Waals surface area contributed by atoms with E-state index in [1.165, 1.54) is 18.8 Å². The van der Waals surface area contributed by atoms with Crippen LogP contribution in [0.5, 0.6) is 0 Å². The Morgan fingerprint density at radius 2 is 1.95 bits per heavy atom. The van der Waals surface area contributed by atoms with E-state index >= 15 is 0 Å². The first-order valence-corrected chi connectivity index (χ1v) is 13.5. The molecular formula is C13H27N2O4PW. The van der Waals surface area contributed by atoms with Gasteiger partial charge in [0, 0.05) is 0 Å². The summed E-state index contributed by atoms with van der Waals surface area (Å²) in [5.41, 5.74) is 0. The second-order valence-electron chi connectivity index (χ2n) is 5.95. The molecule has 2 aliphatic heterocycles. The zero-order valence-electron chi connectivity index (χ0n) is 13.0. The molecule has 2 aliphatic rings. The van der Waals surface area contributed by atoms with E-state index in [9.17, 15) is 5.11 Å². The standard InChI is InChI=1S/C13H27N2O4P.W/c1-10-4-14-5-12(18-10)9-17-20(3)15-6-11(2)19-13(7-15)8-16;/h10-14,16H,4-9H2,1-3H3;. The molecule has 2 heterocycles. The van der Waals surface area contributed by atoms with Gasteiger partial charge in [-0.1, -0.05) is 0 Å². The number of nitrogens with zero attached hydrogens (tertiary/aromatic N) is 1. The molecule has 6 nitrogen and oxygen atoms in total. The quantitative estimate of drug-likeness (QED) is 0.545. The first-order chi connectivity index (χ1) is 9.90. The summed E-state index contributed by atoms with van der Waals surface area (Å²) in [4.78, 5) is 0. The van der Waals surface area contributed by atoms with Crippen molar-refractivity contribution in [2.75, 3.05) is 46.1 Å². The molecule has 2 fully saturated rings. The maximum absolute atomic E-state index is 9.35. The zero-order chi connectivity index (χ0) is 15.5. The SMILES string of the molecule is CC1CNCC(CO[P](C)(=[W])N2CC(C)OC(CO)C2)O1. The number of morpholine rings is 2. The molecule has 2 rings (SSSR count). The summed E-state index contributed by atoms with van der Waals surface area (Å²) >= 11 is 1.47. The average Bonchev–Trinajstić information content (AvgIpc) is 2.44. The minimum absolute atomic E-state index is 0.0728. The van der Waals surface area contributed by atoms with E-state index in [1.54, 1.807) is 0 Å². The number of aliphatic hydroxyl groups is 1. The first kappa shape index (κ1) is 18.2. The van der Waals surface area contributed by atoms with Crippen molar-refractivity contribution in [2.45, 2.75) is 38.3 Å². The zero-order valence-corrected chi connectivity index (χ0v) is 16.9. The first-order valence-electron chi connectivity index (χ1n) is 7.50. The predicted molar refractivity (Wildman–Crippen MR) is 79.0 cm³/mol. The van der Waals surface area contributed by atoms with E-state index in [1.807, 2.05) is 0 Å². The van der Waals surface area contributed by atoms with Crippen molar-refractivity contribution in [2.24, 2.45) is 0 Å². The van der Waals surface area contributed by atoms with Gasteiger partial charge < -0.3 is 0 Å². The van der Waals surface area contributed by atoms with E-state index in [0.717, 1.165) is 26.2 Å². The van der Waals surface area contributed by atoms with Gasteiger partial charge in [0.1, 0.15) is 0 Å². The van der Waals surface area contributed by atoms with Crippen LogP contribution in [0.1, 0.15) is 13.8 Å². The van der Waals surface area contributed by atoms with Gasteiger partial charge in [0.05, 0.1) is 0 Å². The molecule has 5 unspecified atom stereocenters. The predicted octanol–water partition coefficient (Wildman–Crippen LogP) is 0.401. The summed E-state index contributed by atoms with van der Waals surface area (Å²) < 4.78 is 20.3. The van der Waals surface area contributed by atoms with Crippen molar-refractivity contribution in [1.29, 1.82) is 0 Å². The number of aliphatic hydroxyl groups excluding tert-OH is 1. The second-order valence-corrected chi connectivity index (χ2v) is 15.7. The molecule has 0 aliphatic carbocycles. The van der Waals surface area contributed by atoms with Crippen molar-refractivity contribution in [3.63, 3.8) is 0 Å². The summed E-state index contributed by atoms with van der Waals surface area (Å²) in [5, 5.41) is 11.2. The molecule has 124 valence electrons.